The van der Waals surface area contributed by atoms with Gasteiger partial charge >= 0.3 is 0 Å². The van der Waals surface area contributed by atoms with Crippen LogP contribution in [0, 0.1) is 0 Å². The summed E-state index contributed by atoms with van der Waals surface area (Å²) in [6.07, 6.45) is -0.794. The molecule has 0 aliphatic carbocycles. The van der Waals surface area contributed by atoms with Crippen molar-refractivity contribution in [2.75, 3.05) is 6.61 Å². The summed E-state index contributed by atoms with van der Waals surface area (Å²) in [5.74, 6) is 0.554. The number of aliphatic hydroxyl groups excluding tert-OH is 1. The predicted molar refractivity (Wildman–Crippen MR) is 97.4 cm³/mol. The maximum absolute atomic E-state index is 11.1. The number of primary amides is 1. The van der Waals surface area contributed by atoms with Crippen LogP contribution < -0.4 is 10.5 Å². The van der Waals surface area contributed by atoms with E-state index in [1.165, 1.54) is 4.80 Å². The minimum atomic E-state index is -0.794. The van der Waals surface area contributed by atoms with E-state index in [-0.39, 0.29) is 13.2 Å². The first-order valence-corrected chi connectivity index (χ1v) is 8.55. The van der Waals surface area contributed by atoms with Crippen LogP contribution in [0.5, 0.6) is 5.75 Å². The fourth-order valence-corrected chi connectivity index (χ4v) is 2.45. The van der Waals surface area contributed by atoms with Gasteiger partial charge in [-0.25, -0.2) is 0 Å². The van der Waals surface area contributed by atoms with Gasteiger partial charge in [0.25, 0.3) is 0 Å². The van der Waals surface area contributed by atoms with E-state index in [4.69, 9.17) is 10.5 Å². The molecule has 26 heavy (non-hydrogen) atoms. The second-order valence-corrected chi connectivity index (χ2v) is 6.44. The fraction of sp³-hybridized carbons (Fsp3) is 0.176. The highest BCUT2D eigenvalue weighted by atomic mass is 79.9. The Bertz CT molecular complexity index is 880. The third kappa shape index (κ3) is 4.64. The molecular formula is C17H16BrN5O3. The zero-order valence-electron chi connectivity index (χ0n) is 13.6. The van der Waals surface area contributed by atoms with Crippen LogP contribution in [0.15, 0.2) is 53.0 Å². The van der Waals surface area contributed by atoms with Crippen molar-refractivity contribution in [1.82, 2.24) is 20.2 Å². The molecule has 1 aromatic heterocycles. The number of nitrogens with zero attached hydrogens (tertiary/aromatic N) is 4. The second kappa shape index (κ2) is 8.07. The summed E-state index contributed by atoms with van der Waals surface area (Å²) in [5, 5.41) is 22.2. The lowest BCUT2D eigenvalue weighted by atomic mass is 10.1. The highest BCUT2D eigenvalue weighted by Crippen LogP contribution is 2.17. The zero-order chi connectivity index (χ0) is 18.5. The molecule has 0 spiro atoms. The number of aromatic nitrogens is 4. The molecule has 3 rings (SSSR count). The van der Waals surface area contributed by atoms with Crippen molar-refractivity contribution in [2.45, 2.75) is 12.6 Å². The van der Waals surface area contributed by atoms with E-state index in [1.54, 1.807) is 36.4 Å². The van der Waals surface area contributed by atoms with Crippen molar-refractivity contribution in [2.24, 2.45) is 5.73 Å². The summed E-state index contributed by atoms with van der Waals surface area (Å²) in [6, 6.07) is 13.9. The van der Waals surface area contributed by atoms with E-state index < -0.39 is 12.0 Å². The van der Waals surface area contributed by atoms with Gasteiger partial charge < -0.3 is 15.6 Å². The predicted octanol–water partition coefficient (Wildman–Crippen LogP) is 1.64. The monoisotopic (exact) mass is 417 g/mol. The van der Waals surface area contributed by atoms with Crippen molar-refractivity contribution in [3.8, 4) is 17.1 Å². The summed E-state index contributed by atoms with van der Waals surface area (Å²) in [7, 11) is 0. The largest absolute Gasteiger partial charge is 0.491 e. The molecule has 0 fully saturated rings. The minimum Gasteiger partial charge on any atom is -0.491 e. The number of benzene rings is 2. The van der Waals surface area contributed by atoms with E-state index in [9.17, 15) is 9.90 Å². The van der Waals surface area contributed by atoms with Crippen molar-refractivity contribution in [3.63, 3.8) is 0 Å². The standard InChI is InChI=1S/C17H16BrN5O3/c18-13-5-7-15(8-6-13)26-10-14(24)9-23-21-17(20-22-23)12-3-1-11(2-4-12)16(19)25/h1-8,14,24H,9-10H2,(H2,19,25)/t14-/m1/s1. The van der Waals surface area contributed by atoms with Crippen LogP contribution in [-0.4, -0.2) is 43.9 Å². The lowest BCUT2D eigenvalue weighted by Gasteiger charge is -2.11. The highest BCUT2D eigenvalue weighted by molar-refractivity contribution is 9.10. The first kappa shape index (κ1) is 18.0. The van der Waals surface area contributed by atoms with Crippen molar-refractivity contribution in [3.05, 3.63) is 58.6 Å². The number of carbonyl (C=O) groups excluding carboxylic acids is 1. The molecule has 1 atom stereocenters. The SMILES string of the molecule is NC(=O)c1ccc(-c2nnn(C[C@@H](O)COc3ccc(Br)cc3)n2)cc1. The molecule has 1 amide bonds. The molecule has 0 radical (unpaired) electrons. The molecule has 0 aliphatic heterocycles. The Morgan fingerprint density at radius 2 is 1.88 bits per heavy atom. The number of amides is 1. The van der Waals surface area contributed by atoms with E-state index >= 15 is 0 Å². The molecular weight excluding hydrogens is 402 g/mol. The molecule has 0 bridgehead atoms. The highest BCUT2D eigenvalue weighted by Gasteiger charge is 2.12. The lowest BCUT2D eigenvalue weighted by Crippen LogP contribution is -2.24. The molecule has 0 unspecified atom stereocenters. The second-order valence-electron chi connectivity index (χ2n) is 5.53. The Kier molecular flexibility index (Phi) is 5.59. The molecule has 0 saturated carbocycles. The van der Waals surface area contributed by atoms with Crippen LogP contribution in [0.4, 0.5) is 0 Å². The molecule has 3 aromatic rings. The van der Waals surface area contributed by atoms with Crippen LogP contribution in [-0.2, 0) is 6.54 Å². The Hall–Kier alpha value is -2.78. The summed E-state index contributed by atoms with van der Waals surface area (Å²) in [5.41, 5.74) is 6.31. The zero-order valence-corrected chi connectivity index (χ0v) is 15.2. The van der Waals surface area contributed by atoms with Gasteiger partial charge in [0.15, 0.2) is 0 Å². The molecule has 1 heterocycles. The summed E-state index contributed by atoms with van der Waals surface area (Å²) in [6.45, 7) is 0.245. The Morgan fingerprint density at radius 3 is 2.54 bits per heavy atom. The number of aliphatic hydroxyl groups is 1. The molecule has 8 nitrogen and oxygen atoms in total. The van der Waals surface area contributed by atoms with Gasteiger partial charge in [0.05, 0.1) is 6.54 Å². The van der Waals surface area contributed by atoms with E-state index in [1.807, 2.05) is 12.1 Å². The number of tetrazole rings is 1. The summed E-state index contributed by atoms with van der Waals surface area (Å²) < 4.78 is 6.47. The maximum Gasteiger partial charge on any atom is 0.248 e. The van der Waals surface area contributed by atoms with Gasteiger partial charge in [-0.15, -0.1) is 10.2 Å². The van der Waals surface area contributed by atoms with E-state index in [0.29, 0.717) is 22.7 Å². The van der Waals surface area contributed by atoms with Gasteiger partial charge in [-0.1, -0.05) is 28.1 Å². The van der Waals surface area contributed by atoms with Crippen molar-refractivity contribution >= 4 is 21.8 Å². The molecule has 0 saturated heterocycles. The van der Waals surface area contributed by atoms with Crippen molar-refractivity contribution in [1.29, 1.82) is 0 Å². The quantitative estimate of drug-likeness (QED) is 0.603. The fourth-order valence-electron chi connectivity index (χ4n) is 2.18. The lowest BCUT2D eigenvalue weighted by molar-refractivity contribution is 0.0850. The maximum atomic E-state index is 11.1. The number of halogens is 1. The number of ether oxygens (including phenoxy) is 1. The van der Waals surface area contributed by atoms with Crippen LogP contribution in [0.3, 0.4) is 0 Å². The normalized spacial score (nSPS) is 11.9. The first-order chi connectivity index (χ1) is 12.5. The summed E-state index contributed by atoms with van der Waals surface area (Å²) >= 11 is 3.35. The van der Waals surface area contributed by atoms with E-state index in [0.717, 1.165) is 4.47 Å². The van der Waals surface area contributed by atoms with Crippen LogP contribution in [0.25, 0.3) is 11.4 Å². The molecule has 0 aliphatic rings. The Balaban J connectivity index is 1.57. The third-order valence-corrected chi connectivity index (χ3v) is 4.04. The number of hydrogen-bond acceptors (Lipinski definition) is 6. The van der Waals surface area contributed by atoms with Crippen LogP contribution in [0.1, 0.15) is 10.4 Å². The van der Waals surface area contributed by atoms with E-state index in [2.05, 4.69) is 31.3 Å². The van der Waals surface area contributed by atoms with Gasteiger partial charge in [0.1, 0.15) is 18.5 Å². The van der Waals surface area contributed by atoms with Gasteiger partial charge in [-0.05, 0) is 41.6 Å². The molecule has 3 N–H and O–H groups in total. The van der Waals surface area contributed by atoms with Crippen molar-refractivity contribution < 1.29 is 14.6 Å². The topological polar surface area (TPSA) is 116 Å². The van der Waals surface area contributed by atoms with Crippen LogP contribution >= 0.6 is 15.9 Å². The van der Waals surface area contributed by atoms with Gasteiger partial charge in [-0.3, -0.25) is 4.79 Å². The summed E-state index contributed by atoms with van der Waals surface area (Å²) in [4.78, 5) is 12.4. The van der Waals surface area contributed by atoms with Gasteiger partial charge in [-0.2, -0.15) is 4.80 Å². The average molecular weight is 418 g/mol. The number of rotatable bonds is 7. The molecule has 134 valence electrons. The third-order valence-electron chi connectivity index (χ3n) is 3.51. The Labute approximate surface area is 157 Å². The molecule has 2 aromatic carbocycles. The Morgan fingerprint density at radius 1 is 1.19 bits per heavy atom. The van der Waals surface area contributed by atoms with Gasteiger partial charge in [0, 0.05) is 15.6 Å². The number of hydrogen-bond donors (Lipinski definition) is 2. The smallest absolute Gasteiger partial charge is 0.248 e. The molecule has 9 heteroatoms. The van der Waals surface area contributed by atoms with Gasteiger partial charge in [0.2, 0.25) is 11.7 Å². The number of nitrogens with two attached hydrogens (primary N) is 1. The first-order valence-electron chi connectivity index (χ1n) is 7.76. The minimum absolute atomic E-state index is 0.103. The number of carbonyl (C=O) groups is 1. The average Bonchev–Trinajstić information content (AvgIpc) is 3.10. The van der Waals surface area contributed by atoms with Crippen LogP contribution in [0.2, 0.25) is 0 Å².